The number of benzene rings is 3. The molecule has 6 nitrogen and oxygen atoms in total. The van der Waals surface area contributed by atoms with Crippen LogP contribution < -0.4 is 4.90 Å². The Balaban J connectivity index is 1.51. The fourth-order valence-electron chi connectivity index (χ4n) is 5.76. The van der Waals surface area contributed by atoms with Gasteiger partial charge in [-0.1, -0.05) is 48.5 Å². The summed E-state index contributed by atoms with van der Waals surface area (Å²) in [4.78, 5) is 55.9. The van der Waals surface area contributed by atoms with Crippen molar-refractivity contribution in [2.75, 3.05) is 4.90 Å². The van der Waals surface area contributed by atoms with Crippen LogP contribution >= 0.6 is 0 Å². The van der Waals surface area contributed by atoms with Crippen molar-refractivity contribution in [2.24, 2.45) is 11.8 Å². The summed E-state index contributed by atoms with van der Waals surface area (Å²) < 4.78 is 45.5. The van der Waals surface area contributed by atoms with Crippen LogP contribution in [0.5, 0.6) is 0 Å². The molecule has 2 heterocycles. The van der Waals surface area contributed by atoms with Crippen molar-refractivity contribution in [3.05, 3.63) is 101 Å². The highest BCUT2D eigenvalue weighted by Crippen LogP contribution is 2.58. The first-order chi connectivity index (χ1) is 17.6. The SMILES string of the molecule is Cc1ccccc1[C@@H]1OC2(C(=O)c3ccccc3C2=O)[C@@H]2C(=O)N(c3ccc(C(F)(F)F)cc3)C(=O)[C@H]21. The Hall–Kier alpha value is -4.11. The summed E-state index contributed by atoms with van der Waals surface area (Å²) in [5, 5.41) is 0. The predicted octanol–water partition coefficient (Wildman–Crippen LogP) is 4.71. The Labute approximate surface area is 208 Å². The van der Waals surface area contributed by atoms with Crippen LogP contribution in [-0.4, -0.2) is 29.0 Å². The fraction of sp³-hybridized carbons (Fsp3) is 0.214. The van der Waals surface area contributed by atoms with E-state index >= 15 is 0 Å². The van der Waals surface area contributed by atoms with Gasteiger partial charge in [-0.2, -0.15) is 13.2 Å². The maximum Gasteiger partial charge on any atom is 0.416 e. The maximum absolute atomic E-state index is 13.8. The number of anilines is 1. The van der Waals surface area contributed by atoms with Crippen molar-refractivity contribution in [3.63, 3.8) is 0 Å². The van der Waals surface area contributed by atoms with Crippen LogP contribution in [0.15, 0.2) is 72.8 Å². The molecule has 1 aliphatic carbocycles. The predicted molar refractivity (Wildman–Crippen MR) is 124 cm³/mol. The zero-order valence-electron chi connectivity index (χ0n) is 19.3. The molecule has 3 aromatic carbocycles. The minimum Gasteiger partial charge on any atom is -0.349 e. The second kappa shape index (κ2) is 7.69. The van der Waals surface area contributed by atoms with Crippen LogP contribution in [0, 0.1) is 18.8 Å². The molecule has 2 aliphatic heterocycles. The number of alkyl halides is 3. The van der Waals surface area contributed by atoms with Crippen LogP contribution in [0.4, 0.5) is 18.9 Å². The van der Waals surface area contributed by atoms with E-state index in [9.17, 15) is 32.3 Å². The zero-order valence-corrected chi connectivity index (χ0v) is 19.3. The Morgan fingerprint density at radius 1 is 0.784 bits per heavy atom. The Bertz CT molecular complexity index is 1480. The number of hydrogen-bond acceptors (Lipinski definition) is 5. The molecule has 0 bridgehead atoms. The zero-order chi connectivity index (χ0) is 26.3. The van der Waals surface area contributed by atoms with Gasteiger partial charge in [0.05, 0.1) is 29.2 Å². The van der Waals surface area contributed by atoms with Crippen LogP contribution in [-0.2, 0) is 20.5 Å². The van der Waals surface area contributed by atoms with Gasteiger partial charge in [-0.25, -0.2) is 4.90 Å². The number of nitrogens with zero attached hydrogens (tertiary/aromatic N) is 1. The van der Waals surface area contributed by atoms with Gasteiger partial charge in [-0.05, 0) is 42.3 Å². The fourth-order valence-corrected chi connectivity index (χ4v) is 5.76. The first-order valence-electron chi connectivity index (χ1n) is 11.5. The first-order valence-corrected chi connectivity index (χ1v) is 11.5. The highest BCUT2D eigenvalue weighted by atomic mass is 19.4. The van der Waals surface area contributed by atoms with E-state index in [2.05, 4.69) is 0 Å². The molecule has 0 radical (unpaired) electrons. The molecule has 6 rings (SSSR count). The lowest BCUT2D eigenvalue weighted by molar-refractivity contribution is -0.137. The van der Waals surface area contributed by atoms with Crippen LogP contribution in [0.3, 0.4) is 0 Å². The number of Topliss-reactive ketones (excluding diaryl/α,β-unsaturated/α-hetero) is 2. The lowest BCUT2D eigenvalue weighted by Crippen LogP contribution is -2.51. The highest BCUT2D eigenvalue weighted by Gasteiger charge is 2.74. The van der Waals surface area contributed by atoms with Gasteiger partial charge in [-0.15, -0.1) is 0 Å². The van der Waals surface area contributed by atoms with E-state index in [1.54, 1.807) is 43.3 Å². The summed E-state index contributed by atoms with van der Waals surface area (Å²) in [5.74, 6) is -5.70. The normalized spacial score (nSPS) is 24.2. The molecule has 3 aliphatic rings. The number of carbonyl (C=O) groups is 4. The van der Waals surface area contributed by atoms with Crippen molar-refractivity contribution in [2.45, 2.75) is 24.8 Å². The number of hydrogen-bond donors (Lipinski definition) is 0. The van der Waals surface area contributed by atoms with Gasteiger partial charge in [0.2, 0.25) is 29.0 Å². The average Bonchev–Trinajstić information content (AvgIpc) is 3.44. The minimum atomic E-state index is -4.60. The topological polar surface area (TPSA) is 80.8 Å². The number of imide groups is 1. The van der Waals surface area contributed by atoms with E-state index in [1.807, 2.05) is 0 Å². The molecule has 37 heavy (non-hydrogen) atoms. The van der Waals surface area contributed by atoms with Gasteiger partial charge in [0.25, 0.3) is 0 Å². The molecule has 2 amide bonds. The summed E-state index contributed by atoms with van der Waals surface area (Å²) in [7, 11) is 0. The molecule has 3 atom stereocenters. The number of ketones is 2. The number of aryl methyl sites for hydroxylation is 1. The summed E-state index contributed by atoms with van der Waals surface area (Å²) in [6, 6.07) is 16.7. The van der Waals surface area contributed by atoms with Gasteiger partial charge in [0.1, 0.15) is 0 Å². The van der Waals surface area contributed by atoms with Gasteiger partial charge in [0, 0.05) is 11.1 Å². The van der Waals surface area contributed by atoms with Crippen molar-refractivity contribution in [1.29, 1.82) is 0 Å². The van der Waals surface area contributed by atoms with E-state index < -0.39 is 58.7 Å². The Morgan fingerprint density at radius 3 is 1.92 bits per heavy atom. The van der Waals surface area contributed by atoms with E-state index in [4.69, 9.17) is 4.74 Å². The molecule has 3 aromatic rings. The van der Waals surface area contributed by atoms with Crippen molar-refractivity contribution < 1.29 is 37.1 Å². The van der Waals surface area contributed by atoms with Crippen molar-refractivity contribution in [3.8, 4) is 0 Å². The molecule has 0 saturated carbocycles. The van der Waals surface area contributed by atoms with E-state index in [1.165, 1.54) is 12.1 Å². The van der Waals surface area contributed by atoms with E-state index in [-0.39, 0.29) is 16.8 Å². The van der Waals surface area contributed by atoms with Gasteiger partial charge >= 0.3 is 6.18 Å². The third-order valence-electron chi connectivity index (χ3n) is 7.47. The second-order valence-corrected chi connectivity index (χ2v) is 9.39. The van der Waals surface area contributed by atoms with Gasteiger partial charge < -0.3 is 4.74 Å². The third-order valence-corrected chi connectivity index (χ3v) is 7.47. The summed E-state index contributed by atoms with van der Waals surface area (Å²) in [6.07, 6.45) is -5.69. The molecule has 0 N–H and O–H groups in total. The number of halogens is 3. The Morgan fingerprint density at radius 2 is 1.35 bits per heavy atom. The molecular formula is C28H18F3NO5. The Kier molecular flexibility index (Phi) is 4.84. The van der Waals surface area contributed by atoms with Crippen molar-refractivity contribution in [1.82, 2.24) is 0 Å². The standard InChI is InChI=1S/C28H18F3NO5/c1-14-6-2-3-7-17(14)22-20-21(27(37-22)23(33)18-8-4-5-9-19(18)24(27)34)26(36)32(25(20)35)16-12-10-15(11-13-16)28(29,30)31/h2-13,20-22H,1H3/t20-,21+,22+/m1/s1. The second-order valence-electron chi connectivity index (χ2n) is 9.39. The maximum atomic E-state index is 13.8. The average molecular weight is 505 g/mol. The highest BCUT2D eigenvalue weighted by molar-refractivity contribution is 6.37. The third kappa shape index (κ3) is 3.03. The number of carbonyl (C=O) groups excluding carboxylic acids is 4. The number of ether oxygens (including phenoxy) is 1. The number of fused-ring (bicyclic) bond motifs is 3. The summed E-state index contributed by atoms with van der Waals surface area (Å²) >= 11 is 0. The van der Waals surface area contributed by atoms with E-state index in [0.29, 0.717) is 5.56 Å². The minimum absolute atomic E-state index is 0.0773. The molecule has 1 spiro atoms. The molecule has 2 fully saturated rings. The largest absolute Gasteiger partial charge is 0.416 e. The number of amides is 2. The lowest BCUT2D eigenvalue weighted by atomic mass is 9.77. The van der Waals surface area contributed by atoms with Crippen LogP contribution in [0.25, 0.3) is 0 Å². The number of rotatable bonds is 2. The summed E-state index contributed by atoms with van der Waals surface area (Å²) in [6.45, 7) is 1.78. The van der Waals surface area contributed by atoms with Crippen LogP contribution in [0.1, 0.15) is 43.5 Å². The lowest BCUT2D eigenvalue weighted by Gasteiger charge is -2.27. The molecule has 9 heteroatoms. The quantitative estimate of drug-likeness (QED) is 0.372. The van der Waals surface area contributed by atoms with Gasteiger partial charge in [-0.3, -0.25) is 19.2 Å². The van der Waals surface area contributed by atoms with Crippen LogP contribution in [0.2, 0.25) is 0 Å². The first kappa shape index (κ1) is 23.3. The molecule has 186 valence electrons. The molecule has 2 saturated heterocycles. The van der Waals surface area contributed by atoms with Crippen molar-refractivity contribution >= 4 is 29.1 Å². The van der Waals surface area contributed by atoms with E-state index in [0.717, 1.165) is 34.7 Å². The smallest absolute Gasteiger partial charge is 0.349 e. The molecule has 0 unspecified atom stereocenters. The molecular weight excluding hydrogens is 487 g/mol. The monoisotopic (exact) mass is 505 g/mol. The molecule has 0 aromatic heterocycles. The van der Waals surface area contributed by atoms with Gasteiger partial charge in [0.15, 0.2) is 0 Å². The summed E-state index contributed by atoms with van der Waals surface area (Å²) in [5.41, 5.74) is -1.78.